The lowest BCUT2D eigenvalue weighted by Crippen LogP contribution is -2.53. The number of nitrogens with zero attached hydrogens (tertiary/aromatic N) is 3. The molecule has 3 aromatic rings. The van der Waals surface area contributed by atoms with Crippen molar-refractivity contribution in [2.75, 3.05) is 31.5 Å². The SMILES string of the molecule is NC(C(=O)N1CCN(C(=O)Nc2ccc3[nH]ncc3c2)CC1)c1cccc(Br)c1. The van der Waals surface area contributed by atoms with Crippen LogP contribution in [0.3, 0.4) is 0 Å². The predicted octanol–water partition coefficient (Wildman–Crippen LogP) is 2.70. The van der Waals surface area contributed by atoms with Gasteiger partial charge in [0.25, 0.3) is 0 Å². The Morgan fingerprint density at radius 3 is 2.62 bits per heavy atom. The van der Waals surface area contributed by atoms with Gasteiger partial charge in [-0.1, -0.05) is 28.1 Å². The first-order valence-electron chi connectivity index (χ1n) is 9.30. The monoisotopic (exact) mass is 456 g/mol. The number of rotatable bonds is 3. The van der Waals surface area contributed by atoms with Gasteiger partial charge >= 0.3 is 6.03 Å². The van der Waals surface area contributed by atoms with Crippen molar-refractivity contribution in [2.45, 2.75) is 6.04 Å². The standard InChI is InChI=1S/C20H21BrN6O2/c21-15-3-1-2-13(10-15)18(22)19(28)26-6-8-27(9-7-26)20(29)24-16-4-5-17-14(11-16)12-23-25-17/h1-5,10-12,18H,6-9,22H2,(H,23,25)(H,24,29). The molecular weight excluding hydrogens is 436 g/mol. The van der Waals surface area contributed by atoms with Gasteiger partial charge in [0.05, 0.1) is 11.7 Å². The summed E-state index contributed by atoms with van der Waals surface area (Å²) in [6.45, 7) is 1.82. The fourth-order valence-electron chi connectivity index (χ4n) is 3.39. The summed E-state index contributed by atoms with van der Waals surface area (Å²) in [6.07, 6.45) is 1.71. The van der Waals surface area contributed by atoms with Crippen LogP contribution in [0.5, 0.6) is 0 Å². The van der Waals surface area contributed by atoms with Crippen molar-refractivity contribution in [3.63, 3.8) is 0 Å². The number of aromatic amines is 1. The third-order valence-electron chi connectivity index (χ3n) is 5.04. The number of fused-ring (bicyclic) bond motifs is 1. The number of aromatic nitrogens is 2. The summed E-state index contributed by atoms with van der Waals surface area (Å²) in [6, 6.07) is 12.1. The van der Waals surface area contributed by atoms with E-state index in [1.165, 1.54) is 0 Å². The normalized spacial score (nSPS) is 15.4. The maximum atomic E-state index is 12.7. The average Bonchev–Trinajstić information content (AvgIpc) is 3.20. The number of carbonyl (C=O) groups is 2. The van der Waals surface area contributed by atoms with Gasteiger partial charge in [-0.25, -0.2) is 4.79 Å². The van der Waals surface area contributed by atoms with Gasteiger partial charge in [-0.05, 0) is 35.9 Å². The van der Waals surface area contributed by atoms with Gasteiger partial charge in [-0.3, -0.25) is 9.89 Å². The van der Waals surface area contributed by atoms with E-state index in [2.05, 4.69) is 31.4 Å². The second kappa shape index (κ2) is 8.22. The van der Waals surface area contributed by atoms with E-state index in [9.17, 15) is 9.59 Å². The number of halogens is 1. The Kier molecular flexibility index (Phi) is 5.50. The van der Waals surface area contributed by atoms with Gasteiger partial charge < -0.3 is 20.9 Å². The molecule has 0 aliphatic carbocycles. The highest BCUT2D eigenvalue weighted by Gasteiger charge is 2.28. The van der Waals surface area contributed by atoms with Gasteiger partial charge in [0.1, 0.15) is 6.04 Å². The molecule has 4 rings (SSSR count). The number of H-pyrrole nitrogens is 1. The first kappa shape index (κ1) is 19.4. The van der Waals surface area contributed by atoms with Crippen LogP contribution in [0.4, 0.5) is 10.5 Å². The van der Waals surface area contributed by atoms with E-state index >= 15 is 0 Å². The number of anilines is 1. The van der Waals surface area contributed by atoms with Crippen molar-refractivity contribution in [1.29, 1.82) is 0 Å². The van der Waals surface area contributed by atoms with Crippen LogP contribution in [0, 0.1) is 0 Å². The van der Waals surface area contributed by atoms with E-state index in [1.54, 1.807) is 16.0 Å². The summed E-state index contributed by atoms with van der Waals surface area (Å²) in [5.41, 5.74) is 8.54. The molecular formula is C20H21BrN6O2. The van der Waals surface area contributed by atoms with Crippen molar-refractivity contribution < 1.29 is 9.59 Å². The number of nitrogens with two attached hydrogens (primary N) is 1. The highest BCUT2D eigenvalue weighted by molar-refractivity contribution is 9.10. The number of piperazine rings is 1. The van der Waals surface area contributed by atoms with Crippen LogP contribution in [0.25, 0.3) is 10.9 Å². The van der Waals surface area contributed by atoms with Gasteiger partial charge in [0.2, 0.25) is 5.91 Å². The molecule has 0 saturated carbocycles. The molecule has 1 aliphatic rings. The molecule has 4 N–H and O–H groups in total. The number of amides is 3. The second-order valence-electron chi connectivity index (χ2n) is 6.95. The quantitative estimate of drug-likeness (QED) is 0.562. The zero-order chi connectivity index (χ0) is 20.4. The maximum Gasteiger partial charge on any atom is 0.321 e. The van der Waals surface area contributed by atoms with E-state index in [0.29, 0.717) is 31.9 Å². The van der Waals surface area contributed by atoms with Gasteiger partial charge in [-0.15, -0.1) is 0 Å². The molecule has 2 aromatic carbocycles. The molecule has 2 heterocycles. The second-order valence-corrected chi connectivity index (χ2v) is 7.86. The Morgan fingerprint density at radius 2 is 1.86 bits per heavy atom. The minimum atomic E-state index is -0.713. The van der Waals surface area contributed by atoms with Crippen molar-refractivity contribution in [3.8, 4) is 0 Å². The summed E-state index contributed by atoms with van der Waals surface area (Å²) in [4.78, 5) is 28.7. The van der Waals surface area contributed by atoms with E-state index < -0.39 is 6.04 Å². The van der Waals surface area contributed by atoms with Gasteiger partial charge in [-0.2, -0.15) is 5.10 Å². The van der Waals surface area contributed by atoms with E-state index in [4.69, 9.17) is 5.73 Å². The number of hydrogen-bond acceptors (Lipinski definition) is 4. The molecule has 1 unspecified atom stereocenters. The maximum absolute atomic E-state index is 12.7. The lowest BCUT2D eigenvalue weighted by Gasteiger charge is -2.35. The molecule has 0 radical (unpaired) electrons. The molecule has 1 aliphatic heterocycles. The van der Waals surface area contributed by atoms with Crippen molar-refractivity contribution in [2.24, 2.45) is 5.73 Å². The van der Waals surface area contributed by atoms with Crippen molar-refractivity contribution in [1.82, 2.24) is 20.0 Å². The molecule has 3 amide bonds. The van der Waals surface area contributed by atoms with Crippen LogP contribution < -0.4 is 11.1 Å². The molecule has 9 heteroatoms. The van der Waals surface area contributed by atoms with E-state index in [0.717, 1.165) is 20.9 Å². The summed E-state index contributed by atoms with van der Waals surface area (Å²) >= 11 is 3.40. The first-order valence-corrected chi connectivity index (χ1v) is 10.1. The lowest BCUT2D eigenvalue weighted by atomic mass is 10.1. The number of urea groups is 1. The Morgan fingerprint density at radius 1 is 1.10 bits per heavy atom. The van der Waals surface area contributed by atoms with Gasteiger partial charge in [0.15, 0.2) is 0 Å². The van der Waals surface area contributed by atoms with Gasteiger partial charge in [0, 0.05) is 41.7 Å². The van der Waals surface area contributed by atoms with Crippen molar-refractivity contribution >= 4 is 44.5 Å². The molecule has 1 saturated heterocycles. The molecule has 0 bridgehead atoms. The molecule has 8 nitrogen and oxygen atoms in total. The topological polar surface area (TPSA) is 107 Å². The van der Waals surface area contributed by atoms with Crippen LogP contribution in [0.15, 0.2) is 53.1 Å². The smallest absolute Gasteiger partial charge is 0.321 e. The highest BCUT2D eigenvalue weighted by Crippen LogP contribution is 2.20. The average molecular weight is 457 g/mol. The summed E-state index contributed by atoms with van der Waals surface area (Å²) in [5, 5.41) is 10.7. The highest BCUT2D eigenvalue weighted by atomic mass is 79.9. The number of nitrogens with one attached hydrogen (secondary N) is 2. The van der Waals surface area contributed by atoms with Crippen LogP contribution in [-0.4, -0.2) is 58.1 Å². The Labute approximate surface area is 176 Å². The molecule has 1 aromatic heterocycles. The Bertz CT molecular complexity index is 1040. The minimum absolute atomic E-state index is 0.131. The van der Waals surface area contributed by atoms with Crippen LogP contribution >= 0.6 is 15.9 Å². The Hall–Kier alpha value is -2.91. The van der Waals surface area contributed by atoms with E-state index in [1.807, 2.05) is 42.5 Å². The lowest BCUT2D eigenvalue weighted by molar-refractivity contribution is -0.134. The predicted molar refractivity (Wildman–Crippen MR) is 114 cm³/mol. The van der Waals surface area contributed by atoms with Crippen LogP contribution in [0.2, 0.25) is 0 Å². The zero-order valence-electron chi connectivity index (χ0n) is 15.6. The van der Waals surface area contributed by atoms with Crippen LogP contribution in [0.1, 0.15) is 11.6 Å². The third kappa shape index (κ3) is 4.25. The molecule has 29 heavy (non-hydrogen) atoms. The third-order valence-corrected chi connectivity index (χ3v) is 5.54. The number of benzene rings is 2. The summed E-state index contributed by atoms with van der Waals surface area (Å²) < 4.78 is 0.883. The fourth-order valence-corrected chi connectivity index (χ4v) is 3.81. The molecule has 150 valence electrons. The first-order chi connectivity index (χ1) is 14.0. The van der Waals surface area contributed by atoms with E-state index in [-0.39, 0.29) is 11.9 Å². The Balaban J connectivity index is 1.33. The van der Waals surface area contributed by atoms with Crippen molar-refractivity contribution in [3.05, 3.63) is 58.7 Å². The number of hydrogen-bond donors (Lipinski definition) is 3. The summed E-state index contributed by atoms with van der Waals surface area (Å²) in [5.74, 6) is -0.131. The van der Waals surface area contributed by atoms with Crippen LogP contribution in [-0.2, 0) is 4.79 Å². The molecule has 1 fully saturated rings. The zero-order valence-corrected chi connectivity index (χ0v) is 17.2. The minimum Gasteiger partial charge on any atom is -0.337 e. The molecule has 1 atom stereocenters. The number of carbonyl (C=O) groups excluding carboxylic acids is 2. The molecule has 0 spiro atoms. The fraction of sp³-hybridized carbons (Fsp3) is 0.250. The largest absolute Gasteiger partial charge is 0.337 e. The summed E-state index contributed by atoms with van der Waals surface area (Å²) in [7, 11) is 0.